The molecule has 2 heteroatoms. The van der Waals surface area contributed by atoms with Gasteiger partial charge in [0.05, 0.1) is 0 Å². The lowest BCUT2D eigenvalue weighted by atomic mass is 10.1. The average molecular weight is 242 g/mol. The molecule has 0 aliphatic carbocycles. The van der Waals surface area contributed by atoms with Crippen LogP contribution in [0, 0.1) is 11.8 Å². The summed E-state index contributed by atoms with van der Waals surface area (Å²) in [5, 5.41) is 0. The predicted molar refractivity (Wildman–Crippen MR) is 78.2 cm³/mol. The van der Waals surface area contributed by atoms with Crippen molar-refractivity contribution in [2.45, 2.75) is 66.3 Å². The Morgan fingerprint density at radius 2 is 1.35 bits per heavy atom. The molecule has 104 valence electrons. The summed E-state index contributed by atoms with van der Waals surface area (Å²) in [6.07, 6.45) is 4.93. The van der Waals surface area contributed by atoms with E-state index in [-0.39, 0.29) is 0 Å². The van der Waals surface area contributed by atoms with Crippen LogP contribution in [0.2, 0.25) is 0 Å². The van der Waals surface area contributed by atoms with Crippen LogP contribution < -0.4 is 5.73 Å². The van der Waals surface area contributed by atoms with Crippen molar-refractivity contribution < 1.29 is 0 Å². The lowest BCUT2D eigenvalue weighted by Crippen LogP contribution is -2.39. The normalized spacial score (nSPS) is 13.9. The Balaban J connectivity index is 4.00. The Labute approximate surface area is 109 Å². The molecule has 0 aromatic carbocycles. The zero-order valence-corrected chi connectivity index (χ0v) is 12.7. The molecule has 0 saturated heterocycles. The van der Waals surface area contributed by atoms with Crippen molar-refractivity contribution in [2.75, 3.05) is 19.6 Å². The molecule has 0 aromatic heterocycles. The van der Waals surface area contributed by atoms with Crippen molar-refractivity contribution in [1.82, 2.24) is 4.90 Å². The highest BCUT2D eigenvalue weighted by Crippen LogP contribution is 2.08. The first kappa shape index (κ1) is 16.9. The van der Waals surface area contributed by atoms with Gasteiger partial charge in [-0.2, -0.15) is 0 Å². The Morgan fingerprint density at radius 1 is 0.882 bits per heavy atom. The van der Waals surface area contributed by atoms with E-state index in [2.05, 4.69) is 39.5 Å². The number of rotatable bonds is 10. The van der Waals surface area contributed by atoms with Crippen LogP contribution in [-0.2, 0) is 0 Å². The Morgan fingerprint density at radius 3 is 1.71 bits per heavy atom. The van der Waals surface area contributed by atoms with Crippen LogP contribution in [0.5, 0.6) is 0 Å². The molecular weight excluding hydrogens is 208 g/mol. The SMILES string of the molecule is CCC[C@H](N)CN(CCC(C)C)CCC(C)C. The predicted octanol–water partition coefficient (Wildman–Crippen LogP) is 3.51. The minimum absolute atomic E-state index is 0.360. The number of nitrogens with two attached hydrogens (primary N) is 1. The zero-order chi connectivity index (χ0) is 13.3. The Kier molecular flexibility index (Phi) is 9.85. The summed E-state index contributed by atoms with van der Waals surface area (Å²) in [5.41, 5.74) is 6.16. The highest BCUT2D eigenvalue weighted by atomic mass is 15.1. The molecule has 0 aromatic rings. The summed E-state index contributed by atoms with van der Waals surface area (Å²) >= 11 is 0. The maximum atomic E-state index is 6.16. The van der Waals surface area contributed by atoms with Crippen molar-refractivity contribution in [3.8, 4) is 0 Å². The molecule has 0 rings (SSSR count). The number of hydrogen-bond acceptors (Lipinski definition) is 2. The van der Waals surface area contributed by atoms with Gasteiger partial charge in [0.25, 0.3) is 0 Å². The van der Waals surface area contributed by atoms with Crippen LogP contribution in [-0.4, -0.2) is 30.6 Å². The van der Waals surface area contributed by atoms with E-state index in [1.807, 2.05) is 0 Å². The van der Waals surface area contributed by atoms with Crippen molar-refractivity contribution in [3.05, 3.63) is 0 Å². The molecule has 0 fully saturated rings. The molecule has 0 bridgehead atoms. The maximum absolute atomic E-state index is 6.16. The fourth-order valence-electron chi connectivity index (χ4n) is 1.97. The molecule has 1 atom stereocenters. The summed E-state index contributed by atoms with van der Waals surface area (Å²) < 4.78 is 0. The van der Waals surface area contributed by atoms with Crippen molar-refractivity contribution >= 4 is 0 Å². The van der Waals surface area contributed by atoms with Gasteiger partial charge in [-0.05, 0) is 44.2 Å². The molecule has 0 aliphatic rings. The first-order chi connectivity index (χ1) is 7.95. The molecule has 2 nitrogen and oxygen atoms in total. The maximum Gasteiger partial charge on any atom is 0.0167 e. The molecule has 17 heavy (non-hydrogen) atoms. The fourth-order valence-corrected chi connectivity index (χ4v) is 1.97. The minimum Gasteiger partial charge on any atom is -0.327 e. The molecule has 0 radical (unpaired) electrons. The van der Waals surface area contributed by atoms with E-state index in [1.165, 1.54) is 32.4 Å². The van der Waals surface area contributed by atoms with Gasteiger partial charge in [-0.25, -0.2) is 0 Å². The van der Waals surface area contributed by atoms with Crippen LogP contribution in [0.3, 0.4) is 0 Å². The largest absolute Gasteiger partial charge is 0.327 e. The first-order valence-electron chi connectivity index (χ1n) is 7.43. The third-order valence-corrected chi connectivity index (χ3v) is 3.20. The summed E-state index contributed by atoms with van der Waals surface area (Å²) in [6.45, 7) is 14.9. The van der Waals surface area contributed by atoms with E-state index in [0.29, 0.717) is 6.04 Å². The van der Waals surface area contributed by atoms with E-state index in [9.17, 15) is 0 Å². The van der Waals surface area contributed by atoms with Gasteiger partial charge in [0.15, 0.2) is 0 Å². The van der Waals surface area contributed by atoms with Crippen LogP contribution in [0.25, 0.3) is 0 Å². The lowest BCUT2D eigenvalue weighted by molar-refractivity contribution is 0.226. The Bertz CT molecular complexity index is 154. The lowest BCUT2D eigenvalue weighted by Gasteiger charge is -2.27. The molecule has 0 amide bonds. The highest BCUT2D eigenvalue weighted by Gasteiger charge is 2.11. The van der Waals surface area contributed by atoms with Crippen LogP contribution >= 0.6 is 0 Å². The topological polar surface area (TPSA) is 29.3 Å². The molecular formula is C15H34N2. The minimum atomic E-state index is 0.360. The first-order valence-corrected chi connectivity index (χ1v) is 7.43. The summed E-state index contributed by atoms with van der Waals surface area (Å²) in [6, 6.07) is 0.360. The molecule has 0 saturated carbocycles. The monoisotopic (exact) mass is 242 g/mol. The standard InChI is InChI=1S/C15H34N2/c1-6-7-15(16)12-17(10-8-13(2)3)11-9-14(4)5/h13-15H,6-12,16H2,1-5H3/t15-/m0/s1. The van der Waals surface area contributed by atoms with E-state index in [0.717, 1.165) is 24.8 Å². The van der Waals surface area contributed by atoms with Gasteiger partial charge >= 0.3 is 0 Å². The van der Waals surface area contributed by atoms with Crippen LogP contribution in [0.4, 0.5) is 0 Å². The molecule has 0 heterocycles. The van der Waals surface area contributed by atoms with Gasteiger partial charge in [-0.15, -0.1) is 0 Å². The van der Waals surface area contributed by atoms with Crippen molar-refractivity contribution in [1.29, 1.82) is 0 Å². The Hall–Kier alpha value is -0.0800. The third-order valence-electron chi connectivity index (χ3n) is 3.20. The number of hydrogen-bond donors (Lipinski definition) is 1. The average Bonchev–Trinajstić information content (AvgIpc) is 2.22. The van der Waals surface area contributed by atoms with Gasteiger partial charge in [-0.3, -0.25) is 0 Å². The molecule has 0 aliphatic heterocycles. The second kappa shape index (κ2) is 9.90. The summed E-state index contributed by atoms with van der Waals surface area (Å²) in [4.78, 5) is 2.57. The van der Waals surface area contributed by atoms with Crippen molar-refractivity contribution in [2.24, 2.45) is 17.6 Å². The molecule has 0 unspecified atom stereocenters. The van der Waals surface area contributed by atoms with E-state index in [4.69, 9.17) is 5.73 Å². The van der Waals surface area contributed by atoms with Gasteiger partial charge < -0.3 is 10.6 Å². The van der Waals surface area contributed by atoms with E-state index >= 15 is 0 Å². The molecule has 2 N–H and O–H groups in total. The van der Waals surface area contributed by atoms with Crippen LogP contribution in [0.1, 0.15) is 60.3 Å². The smallest absolute Gasteiger partial charge is 0.0167 e. The number of nitrogens with zero attached hydrogens (tertiary/aromatic N) is 1. The quantitative estimate of drug-likeness (QED) is 0.635. The summed E-state index contributed by atoms with van der Waals surface area (Å²) in [7, 11) is 0. The summed E-state index contributed by atoms with van der Waals surface area (Å²) in [5.74, 6) is 1.58. The highest BCUT2D eigenvalue weighted by molar-refractivity contribution is 4.69. The second-order valence-electron chi connectivity index (χ2n) is 6.21. The van der Waals surface area contributed by atoms with Gasteiger partial charge in [0.2, 0.25) is 0 Å². The van der Waals surface area contributed by atoms with Gasteiger partial charge in [0.1, 0.15) is 0 Å². The molecule has 0 spiro atoms. The zero-order valence-electron chi connectivity index (χ0n) is 12.7. The van der Waals surface area contributed by atoms with Crippen molar-refractivity contribution in [3.63, 3.8) is 0 Å². The third kappa shape index (κ3) is 10.8. The van der Waals surface area contributed by atoms with E-state index in [1.54, 1.807) is 0 Å². The fraction of sp³-hybridized carbons (Fsp3) is 1.00. The van der Waals surface area contributed by atoms with Gasteiger partial charge in [-0.1, -0.05) is 41.0 Å². The second-order valence-corrected chi connectivity index (χ2v) is 6.21. The van der Waals surface area contributed by atoms with Crippen LogP contribution in [0.15, 0.2) is 0 Å². The van der Waals surface area contributed by atoms with E-state index < -0.39 is 0 Å². The van der Waals surface area contributed by atoms with Gasteiger partial charge in [0, 0.05) is 12.6 Å².